The Morgan fingerprint density at radius 1 is 1.47 bits per heavy atom. The van der Waals surface area contributed by atoms with Crippen LogP contribution in [0.5, 0.6) is 0 Å². The first kappa shape index (κ1) is 9.98. The van der Waals surface area contributed by atoms with E-state index in [2.05, 4.69) is 10.4 Å². The summed E-state index contributed by atoms with van der Waals surface area (Å²) >= 11 is 0. The van der Waals surface area contributed by atoms with E-state index < -0.39 is 0 Å². The molecular formula is C11H15N3O. The summed E-state index contributed by atoms with van der Waals surface area (Å²) in [5, 5.41) is 7.43. The van der Waals surface area contributed by atoms with E-state index in [0.29, 0.717) is 6.54 Å². The summed E-state index contributed by atoms with van der Waals surface area (Å²) in [5.74, 6) is 0.965. The van der Waals surface area contributed by atoms with Crippen LogP contribution in [0.2, 0.25) is 0 Å². The SMILES string of the molecule is CNCc1ccoc1Cn1ccc(C)n1. The Labute approximate surface area is 88.9 Å². The monoisotopic (exact) mass is 205 g/mol. The summed E-state index contributed by atoms with van der Waals surface area (Å²) in [5.41, 5.74) is 2.21. The summed E-state index contributed by atoms with van der Waals surface area (Å²) in [6.45, 7) is 3.50. The number of rotatable bonds is 4. The molecule has 80 valence electrons. The van der Waals surface area contributed by atoms with Gasteiger partial charge in [0.2, 0.25) is 0 Å². The number of hydrogen-bond acceptors (Lipinski definition) is 3. The maximum absolute atomic E-state index is 5.43. The van der Waals surface area contributed by atoms with E-state index in [-0.39, 0.29) is 0 Å². The molecule has 15 heavy (non-hydrogen) atoms. The first-order chi connectivity index (χ1) is 7.29. The van der Waals surface area contributed by atoms with Gasteiger partial charge in [0, 0.05) is 18.3 Å². The van der Waals surface area contributed by atoms with E-state index in [1.807, 2.05) is 37.0 Å². The maximum atomic E-state index is 5.43. The lowest BCUT2D eigenvalue weighted by atomic mass is 10.2. The second-order valence-electron chi connectivity index (χ2n) is 3.55. The largest absolute Gasteiger partial charge is 0.467 e. The number of aryl methyl sites for hydroxylation is 1. The molecule has 0 amide bonds. The van der Waals surface area contributed by atoms with Crippen LogP contribution in [0.4, 0.5) is 0 Å². The molecule has 4 heteroatoms. The van der Waals surface area contributed by atoms with Gasteiger partial charge in [-0.2, -0.15) is 5.10 Å². The fraction of sp³-hybridized carbons (Fsp3) is 0.364. The molecule has 0 spiro atoms. The van der Waals surface area contributed by atoms with E-state index in [1.165, 1.54) is 5.56 Å². The second-order valence-corrected chi connectivity index (χ2v) is 3.55. The first-order valence-electron chi connectivity index (χ1n) is 4.99. The van der Waals surface area contributed by atoms with Gasteiger partial charge in [0.1, 0.15) is 5.76 Å². The van der Waals surface area contributed by atoms with Gasteiger partial charge in [0.05, 0.1) is 18.5 Å². The van der Waals surface area contributed by atoms with Gasteiger partial charge in [0.25, 0.3) is 0 Å². The van der Waals surface area contributed by atoms with E-state index in [4.69, 9.17) is 4.42 Å². The van der Waals surface area contributed by atoms with Crippen LogP contribution >= 0.6 is 0 Å². The van der Waals surface area contributed by atoms with Crippen LogP contribution in [-0.2, 0) is 13.1 Å². The van der Waals surface area contributed by atoms with Gasteiger partial charge in [-0.15, -0.1) is 0 Å². The Bertz CT molecular complexity index is 430. The number of nitrogens with one attached hydrogen (secondary N) is 1. The minimum atomic E-state index is 0.692. The van der Waals surface area contributed by atoms with Gasteiger partial charge in [0.15, 0.2) is 0 Å². The molecule has 0 aliphatic heterocycles. The Morgan fingerprint density at radius 2 is 2.33 bits per heavy atom. The van der Waals surface area contributed by atoms with Gasteiger partial charge < -0.3 is 9.73 Å². The van der Waals surface area contributed by atoms with Crippen molar-refractivity contribution in [2.24, 2.45) is 0 Å². The lowest BCUT2D eigenvalue weighted by Gasteiger charge is -2.02. The molecule has 0 aliphatic rings. The molecule has 0 aliphatic carbocycles. The molecule has 4 nitrogen and oxygen atoms in total. The number of nitrogens with zero attached hydrogens (tertiary/aromatic N) is 2. The summed E-state index contributed by atoms with van der Waals surface area (Å²) in [6, 6.07) is 3.98. The van der Waals surface area contributed by atoms with Crippen LogP contribution in [0.3, 0.4) is 0 Å². The molecule has 0 fully saturated rings. The quantitative estimate of drug-likeness (QED) is 0.823. The number of hydrogen-bond donors (Lipinski definition) is 1. The average Bonchev–Trinajstić information content (AvgIpc) is 2.78. The third-order valence-electron chi connectivity index (χ3n) is 2.28. The third-order valence-corrected chi connectivity index (χ3v) is 2.28. The Hall–Kier alpha value is -1.55. The van der Waals surface area contributed by atoms with Crippen molar-refractivity contribution in [1.29, 1.82) is 0 Å². The lowest BCUT2D eigenvalue weighted by Crippen LogP contribution is -2.08. The Morgan fingerprint density at radius 3 is 3.00 bits per heavy atom. The molecule has 0 radical (unpaired) electrons. The highest BCUT2D eigenvalue weighted by Gasteiger charge is 2.06. The summed E-state index contributed by atoms with van der Waals surface area (Å²) in [6.07, 6.45) is 3.68. The van der Waals surface area contributed by atoms with E-state index in [9.17, 15) is 0 Å². The van der Waals surface area contributed by atoms with E-state index >= 15 is 0 Å². The van der Waals surface area contributed by atoms with Gasteiger partial charge in [-0.1, -0.05) is 0 Å². The Kier molecular flexibility index (Phi) is 2.87. The summed E-state index contributed by atoms with van der Waals surface area (Å²) in [4.78, 5) is 0. The molecule has 0 saturated heterocycles. The van der Waals surface area contributed by atoms with Crippen molar-refractivity contribution in [2.75, 3.05) is 7.05 Å². The fourth-order valence-corrected chi connectivity index (χ4v) is 1.55. The zero-order valence-electron chi connectivity index (χ0n) is 9.03. The van der Waals surface area contributed by atoms with Gasteiger partial charge in [-0.25, -0.2) is 0 Å². The van der Waals surface area contributed by atoms with Crippen molar-refractivity contribution in [3.8, 4) is 0 Å². The fourth-order valence-electron chi connectivity index (χ4n) is 1.55. The number of furan rings is 1. The molecule has 2 heterocycles. The zero-order chi connectivity index (χ0) is 10.7. The van der Waals surface area contributed by atoms with Crippen molar-refractivity contribution in [3.05, 3.63) is 41.6 Å². The van der Waals surface area contributed by atoms with E-state index in [0.717, 1.165) is 18.0 Å². The van der Waals surface area contributed by atoms with Crippen LogP contribution in [0.25, 0.3) is 0 Å². The number of aromatic nitrogens is 2. The minimum Gasteiger partial charge on any atom is -0.467 e. The average molecular weight is 205 g/mol. The van der Waals surface area contributed by atoms with Crippen LogP contribution in [0.1, 0.15) is 17.0 Å². The highest BCUT2D eigenvalue weighted by molar-refractivity contribution is 5.17. The van der Waals surface area contributed by atoms with Crippen molar-refractivity contribution in [3.63, 3.8) is 0 Å². The predicted octanol–water partition coefficient (Wildman–Crippen LogP) is 1.55. The molecule has 0 saturated carbocycles. The molecule has 1 N–H and O–H groups in total. The zero-order valence-corrected chi connectivity index (χ0v) is 9.03. The molecule has 0 aromatic carbocycles. The third kappa shape index (κ3) is 2.27. The topological polar surface area (TPSA) is 43.0 Å². The standard InChI is InChI=1S/C11H15N3O/c1-9-3-5-14(13-9)8-11-10(7-12-2)4-6-15-11/h3-6,12H,7-8H2,1-2H3. The molecule has 2 rings (SSSR count). The summed E-state index contributed by atoms with van der Waals surface area (Å²) in [7, 11) is 1.93. The molecule has 0 bridgehead atoms. The second kappa shape index (κ2) is 4.31. The normalized spacial score (nSPS) is 10.8. The van der Waals surface area contributed by atoms with Crippen LogP contribution in [-0.4, -0.2) is 16.8 Å². The molecule has 0 atom stereocenters. The van der Waals surface area contributed by atoms with Gasteiger partial charge in [-0.3, -0.25) is 4.68 Å². The summed E-state index contributed by atoms with van der Waals surface area (Å²) < 4.78 is 7.31. The van der Waals surface area contributed by atoms with Crippen molar-refractivity contribution in [1.82, 2.24) is 15.1 Å². The maximum Gasteiger partial charge on any atom is 0.129 e. The van der Waals surface area contributed by atoms with Crippen molar-refractivity contribution in [2.45, 2.75) is 20.0 Å². The van der Waals surface area contributed by atoms with Crippen LogP contribution in [0.15, 0.2) is 29.0 Å². The lowest BCUT2D eigenvalue weighted by molar-refractivity contribution is 0.473. The molecule has 2 aromatic rings. The van der Waals surface area contributed by atoms with Gasteiger partial charge in [-0.05, 0) is 26.1 Å². The molecular weight excluding hydrogens is 190 g/mol. The predicted molar refractivity (Wildman–Crippen MR) is 57.5 cm³/mol. The highest BCUT2D eigenvalue weighted by atomic mass is 16.3. The minimum absolute atomic E-state index is 0.692. The molecule has 0 unspecified atom stereocenters. The van der Waals surface area contributed by atoms with Crippen LogP contribution < -0.4 is 5.32 Å². The van der Waals surface area contributed by atoms with E-state index in [1.54, 1.807) is 6.26 Å². The highest BCUT2D eigenvalue weighted by Crippen LogP contribution is 2.11. The Balaban J connectivity index is 2.13. The van der Waals surface area contributed by atoms with Crippen molar-refractivity contribution >= 4 is 0 Å². The van der Waals surface area contributed by atoms with Gasteiger partial charge >= 0.3 is 0 Å². The van der Waals surface area contributed by atoms with Crippen LogP contribution in [0, 0.1) is 6.92 Å². The van der Waals surface area contributed by atoms with Crippen molar-refractivity contribution < 1.29 is 4.42 Å². The molecule has 2 aromatic heterocycles. The first-order valence-corrected chi connectivity index (χ1v) is 4.99. The smallest absolute Gasteiger partial charge is 0.129 e.